The van der Waals surface area contributed by atoms with Crippen molar-refractivity contribution in [3.8, 4) is 0 Å². The van der Waals surface area contributed by atoms with Crippen LogP contribution >= 0.6 is 0 Å². The molecule has 0 radical (unpaired) electrons. The molecule has 3 aromatic rings. The molecule has 0 saturated heterocycles. The van der Waals surface area contributed by atoms with Crippen LogP contribution < -0.4 is 10.6 Å². The summed E-state index contributed by atoms with van der Waals surface area (Å²) in [4.78, 5) is 12.0. The molecule has 1 saturated carbocycles. The third kappa shape index (κ3) is 7.80. The molecule has 7 heteroatoms. The first-order valence-electron chi connectivity index (χ1n) is 12.3. The molecule has 35 heavy (non-hydrogen) atoms. The maximum atomic E-state index is 13.1. The summed E-state index contributed by atoms with van der Waals surface area (Å²) < 4.78 is 30.2. The van der Waals surface area contributed by atoms with Gasteiger partial charge in [-0.1, -0.05) is 24.3 Å². The average Bonchev–Trinajstić information content (AvgIpc) is 3.41. The average molecular weight is 483 g/mol. The van der Waals surface area contributed by atoms with E-state index in [-0.39, 0.29) is 17.4 Å². The number of amides is 1. The van der Waals surface area contributed by atoms with Crippen molar-refractivity contribution < 1.29 is 23.1 Å². The van der Waals surface area contributed by atoms with Gasteiger partial charge in [0.25, 0.3) is 0 Å². The summed E-state index contributed by atoms with van der Waals surface area (Å²) in [6.45, 7) is 8.04. The van der Waals surface area contributed by atoms with Gasteiger partial charge in [-0.2, -0.15) is 0 Å². The van der Waals surface area contributed by atoms with Crippen molar-refractivity contribution in [3.63, 3.8) is 0 Å². The number of hydrogen-bond acceptors (Lipinski definition) is 5. The number of hydrogen-bond donors (Lipinski definition) is 2. The van der Waals surface area contributed by atoms with Crippen LogP contribution in [-0.4, -0.2) is 37.0 Å². The number of rotatable bonds is 11. The summed E-state index contributed by atoms with van der Waals surface area (Å²) in [5, 5.41) is 7.42. The number of carbonyl (C=O) groups is 1. The highest BCUT2D eigenvalue weighted by molar-refractivity contribution is 5.78. The van der Waals surface area contributed by atoms with E-state index in [1.807, 2.05) is 32.9 Å². The molecule has 2 N–H and O–H groups in total. The SMILES string of the molecule is CC(C)(C)OC(=O)NC1(COCCNCc2ccc3cc(CCc4ccc(F)cc4)oc3c2)CC1. The molecular formula is C28H35FN2O4. The topological polar surface area (TPSA) is 72.7 Å². The van der Waals surface area contributed by atoms with Crippen molar-refractivity contribution in [1.82, 2.24) is 10.6 Å². The molecule has 6 nitrogen and oxygen atoms in total. The lowest BCUT2D eigenvalue weighted by atomic mass is 10.1. The number of nitrogens with one attached hydrogen (secondary N) is 2. The van der Waals surface area contributed by atoms with Gasteiger partial charge >= 0.3 is 6.09 Å². The Morgan fingerprint density at radius 2 is 1.80 bits per heavy atom. The number of alkyl carbamates (subject to hydrolysis) is 1. The van der Waals surface area contributed by atoms with E-state index in [0.717, 1.165) is 53.5 Å². The smallest absolute Gasteiger partial charge is 0.408 e. The van der Waals surface area contributed by atoms with Gasteiger partial charge in [0, 0.05) is 24.9 Å². The second-order valence-corrected chi connectivity index (χ2v) is 10.3. The highest BCUT2D eigenvalue weighted by atomic mass is 19.1. The lowest BCUT2D eigenvalue weighted by Gasteiger charge is -2.23. The van der Waals surface area contributed by atoms with Gasteiger partial charge in [0.1, 0.15) is 22.8 Å². The van der Waals surface area contributed by atoms with Crippen molar-refractivity contribution in [2.45, 2.75) is 64.1 Å². The zero-order valence-electron chi connectivity index (χ0n) is 20.8. The molecule has 1 amide bonds. The Morgan fingerprint density at radius 3 is 2.51 bits per heavy atom. The third-order valence-electron chi connectivity index (χ3n) is 5.96. The minimum Gasteiger partial charge on any atom is -0.461 e. The minimum absolute atomic E-state index is 0.216. The van der Waals surface area contributed by atoms with Crippen molar-refractivity contribution in [2.75, 3.05) is 19.8 Å². The van der Waals surface area contributed by atoms with Crippen LogP contribution in [0.25, 0.3) is 11.0 Å². The summed E-state index contributed by atoms with van der Waals surface area (Å²) in [6.07, 6.45) is 3.02. The molecule has 4 rings (SSSR count). The van der Waals surface area contributed by atoms with Gasteiger partial charge in [-0.3, -0.25) is 0 Å². The fourth-order valence-electron chi connectivity index (χ4n) is 3.90. The summed E-state index contributed by atoms with van der Waals surface area (Å²) in [5.41, 5.74) is 2.32. The molecule has 188 valence electrons. The van der Waals surface area contributed by atoms with Gasteiger partial charge in [0.05, 0.1) is 18.8 Å². The fourth-order valence-corrected chi connectivity index (χ4v) is 3.90. The monoisotopic (exact) mass is 482 g/mol. The van der Waals surface area contributed by atoms with Gasteiger partial charge in [-0.05, 0) is 75.4 Å². The van der Waals surface area contributed by atoms with Gasteiger partial charge in [0.2, 0.25) is 0 Å². The number of carbonyl (C=O) groups excluding carboxylic acids is 1. The molecule has 1 heterocycles. The lowest BCUT2D eigenvalue weighted by Crippen LogP contribution is -2.43. The Bertz CT molecular complexity index is 1130. The van der Waals surface area contributed by atoms with Gasteiger partial charge < -0.3 is 24.5 Å². The molecular weight excluding hydrogens is 447 g/mol. The van der Waals surface area contributed by atoms with Crippen LogP contribution in [-0.2, 0) is 28.9 Å². The molecule has 2 aromatic carbocycles. The fraction of sp³-hybridized carbons (Fsp3) is 0.464. The van der Waals surface area contributed by atoms with Crippen molar-refractivity contribution in [1.29, 1.82) is 0 Å². The molecule has 1 fully saturated rings. The highest BCUT2D eigenvalue weighted by Crippen LogP contribution is 2.35. The Kier molecular flexibility index (Phi) is 7.77. The lowest BCUT2D eigenvalue weighted by molar-refractivity contribution is 0.0423. The molecule has 0 atom stereocenters. The molecule has 0 unspecified atom stereocenters. The molecule has 1 aliphatic carbocycles. The summed E-state index contributed by atoms with van der Waals surface area (Å²) in [6, 6.07) is 14.9. The normalized spacial score (nSPS) is 14.7. The number of benzene rings is 2. The van der Waals surface area contributed by atoms with E-state index in [1.165, 1.54) is 12.1 Å². The minimum atomic E-state index is -0.505. The Hall–Kier alpha value is -2.90. The number of halogens is 1. The van der Waals surface area contributed by atoms with E-state index in [4.69, 9.17) is 13.9 Å². The van der Waals surface area contributed by atoms with E-state index in [9.17, 15) is 9.18 Å². The first-order valence-corrected chi connectivity index (χ1v) is 12.3. The van der Waals surface area contributed by atoms with E-state index in [0.29, 0.717) is 26.3 Å². The zero-order valence-corrected chi connectivity index (χ0v) is 20.8. The Morgan fingerprint density at radius 1 is 1.06 bits per heavy atom. The first-order chi connectivity index (χ1) is 16.7. The van der Waals surface area contributed by atoms with E-state index in [2.05, 4.69) is 34.9 Å². The quantitative estimate of drug-likeness (QED) is 0.352. The van der Waals surface area contributed by atoms with Gasteiger partial charge in [0.15, 0.2) is 0 Å². The van der Waals surface area contributed by atoms with Crippen LogP contribution in [0.2, 0.25) is 0 Å². The molecule has 0 bridgehead atoms. The van der Waals surface area contributed by atoms with Crippen LogP contribution in [0.5, 0.6) is 0 Å². The van der Waals surface area contributed by atoms with Crippen LogP contribution in [0.4, 0.5) is 9.18 Å². The van der Waals surface area contributed by atoms with Crippen LogP contribution in [0.3, 0.4) is 0 Å². The van der Waals surface area contributed by atoms with Crippen LogP contribution in [0.1, 0.15) is 50.5 Å². The molecule has 0 spiro atoms. The summed E-state index contributed by atoms with van der Waals surface area (Å²) in [7, 11) is 0. The van der Waals surface area contributed by atoms with Crippen molar-refractivity contribution >= 4 is 17.1 Å². The second-order valence-electron chi connectivity index (χ2n) is 10.3. The van der Waals surface area contributed by atoms with Crippen molar-refractivity contribution in [3.05, 3.63) is 71.2 Å². The van der Waals surface area contributed by atoms with Crippen LogP contribution in [0.15, 0.2) is 52.9 Å². The van der Waals surface area contributed by atoms with Crippen molar-refractivity contribution in [2.24, 2.45) is 0 Å². The number of ether oxygens (including phenoxy) is 2. The third-order valence-corrected chi connectivity index (χ3v) is 5.96. The predicted molar refractivity (Wildman–Crippen MR) is 134 cm³/mol. The second kappa shape index (κ2) is 10.8. The number of fused-ring (bicyclic) bond motifs is 1. The van der Waals surface area contributed by atoms with E-state index in [1.54, 1.807) is 0 Å². The molecule has 1 aromatic heterocycles. The van der Waals surface area contributed by atoms with Crippen LogP contribution in [0, 0.1) is 5.82 Å². The Balaban J connectivity index is 1.16. The number of furan rings is 1. The summed E-state index contributed by atoms with van der Waals surface area (Å²) in [5.74, 6) is 0.712. The van der Waals surface area contributed by atoms with Gasteiger partial charge in [-0.15, -0.1) is 0 Å². The molecule has 1 aliphatic rings. The Labute approximate surface area is 206 Å². The largest absolute Gasteiger partial charge is 0.461 e. The van der Waals surface area contributed by atoms with Gasteiger partial charge in [-0.25, -0.2) is 9.18 Å². The maximum absolute atomic E-state index is 13.1. The standard InChI is InChI=1S/C28H35FN2O4/c1-27(2,3)35-26(32)31-28(12-13-28)19-33-15-14-30-18-21-4-8-22-17-24(34-25(22)16-21)11-7-20-5-9-23(29)10-6-20/h4-6,8-10,16-17,30H,7,11-15,18-19H2,1-3H3,(H,31,32). The molecule has 0 aliphatic heterocycles. The first kappa shape index (κ1) is 25.2. The predicted octanol–water partition coefficient (Wildman–Crippen LogP) is 5.52. The zero-order chi connectivity index (χ0) is 24.9. The van der Waals surface area contributed by atoms with E-state index >= 15 is 0 Å². The van der Waals surface area contributed by atoms with E-state index < -0.39 is 5.60 Å². The highest BCUT2D eigenvalue weighted by Gasteiger charge is 2.45. The maximum Gasteiger partial charge on any atom is 0.408 e. The summed E-state index contributed by atoms with van der Waals surface area (Å²) >= 11 is 0. The number of aryl methyl sites for hydroxylation is 2.